The zero-order chi connectivity index (χ0) is 29.1. The molecule has 226 valence electrons. The van der Waals surface area contributed by atoms with Gasteiger partial charge >= 0.3 is 12.6 Å². The summed E-state index contributed by atoms with van der Waals surface area (Å²) in [6, 6.07) is 11.9. The van der Waals surface area contributed by atoms with Crippen LogP contribution in [0.5, 0.6) is 5.75 Å². The quantitative estimate of drug-likeness (QED) is 0.0689. The van der Waals surface area contributed by atoms with E-state index < -0.39 is 12.7 Å². The van der Waals surface area contributed by atoms with Crippen LogP contribution in [0.3, 0.4) is 0 Å². The van der Waals surface area contributed by atoms with E-state index in [-0.39, 0.29) is 5.97 Å². The van der Waals surface area contributed by atoms with Crippen molar-refractivity contribution in [2.75, 3.05) is 19.6 Å². The van der Waals surface area contributed by atoms with Crippen LogP contribution in [0.2, 0.25) is 0 Å². The van der Waals surface area contributed by atoms with Crippen LogP contribution in [0, 0.1) is 0 Å². The first-order chi connectivity index (χ1) is 20.1. The van der Waals surface area contributed by atoms with Crippen LogP contribution in [0.25, 0.3) is 10.8 Å². The maximum atomic E-state index is 12.7. The van der Waals surface area contributed by atoms with Crippen molar-refractivity contribution in [3.05, 3.63) is 66.3 Å². The molecule has 1 heterocycles. The molecule has 0 saturated carbocycles. The Morgan fingerprint density at radius 2 is 1.66 bits per heavy atom. The molecular weight excluding hydrogens is 520 g/mol. The van der Waals surface area contributed by atoms with Crippen molar-refractivity contribution in [2.24, 2.45) is 0 Å². The van der Waals surface area contributed by atoms with Gasteiger partial charge < -0.3 is 14.4 Å². The summed E-state index contributed by atoms with van der Waals surface area (Å²) in [5, 5.41) is 1.99. The molecule has 1 aliphatic rings. The summed E-state index contributed by atoms with van der Waals surface area (Å²) < 4.78 is 35.6. The molecular formula is C35H49F2NO3. The summed E-state index contributed by atoms with van der Waals surface area (Å²) in [7, 11) is 0. The zero-order valence-corrected chi connectivity index (χ0v) is 24.9. The van der Waals surface area contributed by atoms with Crippen LogP contribution in [0.1, 0.15) is 96.0 Å². The largest absolute Gasteiger partial charge is 0.426 e. The predicted octanol–water partition coefficient (Wildman–Crippen LogP) is 9.41. The Bertz CT molecular complexity index is 1080. The number of allylic oxidation sites excluding steroid dienone is 4. The van der Waals surface area contributed by atoms with Crippen molar-refractivity contribution in [3.8, 4) is 5.75 Å². The first kappa shape index (κ1) is 32.9. The Kier molecular flexibility index (Phi) is 15.7. The molecule has 41 heavy (non-hydrogen) atoms. The summed E-state index contributed by atoms with van der Waals surface area (Å²) >= 11 is 0. The van der Waals surface area contributed by atoms with Gasteiger partial charge in [-0.25, -0.2) is 0 Å². The van der Waals surface area contributed by atoms with Crippen molar-refractivity contribution in [2.45, 2.75) is 110 Å². The highest BCUT2D eigenvalue weighted by molar-refractivity contribution is 5.93. The minimum Gasteiger partial charge on any atom is -0.426 e. The fourth-order valence-electron chi connectivity index (χ4n) is 5.47. The lowest BCUT2D eigenvalue weighted by molar-refractivity contribution is -0.158. The predicted molar refractivity (Wildman–Crippen MR) is 165 cm³/mol. The van der Waals surface area contributed by atoms with Crippen molar-refractivity contribution < 1.29 is 23.0 Å². The maximum absolute atomic E-state index is 12.7. The molecule has 0 N–H and O–H groups in total. The second-order valence-corrected chi connectivity index (χ2v) is 11.1. The third kappa shape index (κ3) is 12.9. The average molecular weight is 570 g/mol. The van der Waals surface area contributed by atoms with E-state index in [2.05, 4.69) is 46.9 Å². The minimum atomic E-state index is -2.72. The van der Waals surface area contributed by atoms with E-state index in [1.165, 1.54) is 38.5 Å². The number of rotatable bonds is 20. The van der Waals surface area contributed by atoms with E-state index in [9.17, 15) is 13.6 Å². The lowest BCUT2D eigenvalue weighted by Gasteiger charge is -2.17. The number of halogens is 2. The molecule has 0 radical (unpaired) electrons. The van der Waals surface area contributed by atoms with E-state index in [1.54, 1.807) is 0 Å². The van der Waals surface area contributed by atoms with E-state index >= 15 is 0 Å². The van der Waals surface area contributed by atoms with E-state index in [0.717, 1.165) is 68.0 Å². The Labute approximate surface area is 245 Å². The molecule has 2 aromatic carbocycles. The smallest absolute Gasteiger partial charge is 0.345 e. The molecule has 0 amide bonds. The first-order valence-corrected chi connectivity index (χ1v) is 15.7. The molecule has 1 atom stereocenters. The number of hydrogen-bond acceptors (Lipinski definition) is 4. The van der Waals surface area contributed by atoms with Gasteiger partial charge in [-0.1, -0.05) is 93.7 Å². The summed E-state index contributed by atoms with van der Waals surface area (Å²) in [4.78, 5) is 14.8. The number of carbonyl (C=O) groups excluding carboxylic acids is 1. The van der Waals surface area contributed by atoms with Gasteiger partial charge in [0.1, 0.15) is 5.75 Å². The number of unbranched alkanes of at least 4 members (excludes halogenated alkanes) is 8. The van der Waals surface area contributed by atoms with Gasteiger partial charge in [-0.2, -0.15) is 8.78 Å². The molecule has 1 saturated heterocycles. The van der Waals surface area contributed by atoms with Crippen LogP contribution < -0.4 is 4.74 Å². The van der Waals surface area contributed by atoms with Gasteiger partial charge in [0.25, 0.3) is 0 Å². The molecule has 0 spiro atoms. The standard InChI is InChI=1S/C35H49F2NO3/c1-2-3-4-5-6-7-8-9-10-11-12-13-14-15-16-23-33(39)41-32-22-18-21-29-19-17-20-30(34(29)32)24-26-38-27-25-31(28-38)40-35(36)37/h6-7,9-10,17-22,31,35H,2-5,8,11-16,23-28H2,1H3/b7-6-,10-9-/t31-/m1/s1. The number of fused-ring (bicyclic) bond motifs is 1. The number of alkyl halides is 2. The molecule has 2 aromatic rings. The normalized spacial score (nSPS) is 16.1. The Hall–Kier alpha value is -2.57. The summed E-state index contributed by atoms with van der Waals surface area (Å²) in [6.07, 6.45) is 23.1. The van der Waals surface area contributed by atoms with E-state index in [0.29, 0.717) is 25.1 Å². The number of likely N-dealkylation sites (tertiary alicyclic amines) is 1. The van der Waals surface area contributed by atoms with Crippen molar-refractivity contribution in [1.82, 2.24) is 4.90 Å². The number of benzene rings is 2. The van der Waals surface area contributed by atoms with Gasteiger partial charge in [0.05, 0.1) is 6.10 Å². The fraction of sp³-hybridized carbons (Fsp3) is 0.571. The van der Waals surface area contributed by atoms with Gasteiger partial charge in [-0.15, -0.1) is 0 Å². The second-order valence-electron chi connectivity index (χ2n) is 11.1. The summed E-state index contributed by atoms with van der Waals surface area (Å²) in [5.74, 6) is 0.413. The van der Waals surface area contributed by atoms with E-state index in [4.69, 9.17) is 4.74 Å². The Morgan fingerprint density at radius 3 is 2.41 bits per heavy atom. The topological polar surface area (TPSA) is 38.8 Å². The third-order valence-electron chi connectivity index (χ3n) is 7.73. The first-order valence-electron chi connectivity index (χ1n) is 15.7. The van der Waals surface area contributed by atoms with Gasteiger partial charge in [0.2, 0.25) is 0 Å². The van der Waals surface area contributed by atoms with Crippen molar-refractivity contribution in [3.63, 3.8) is 0 Å². The van der Waals surface area contributed by atoms with E-state index in [1.807, 2.05) is 30.3 Å². The SMILES string of the molecule is CCCCC/C=C\C/C=C\CCCCCCCC(=O)Oc1cccc2cccc(CCN3CC[C@@H](OC(F)F)C3)c12. The van der Waals surface area contributed by atoms with Crippen LogP contribution in [0.4, 0.5) is 8.78 Å². The van der Waals surface area contributed by atoms with Crippen LogP contribution in [-0.2, 0) is 16.0 Å². The number of esters is 1. The van der Waals surface area contributed by atoms with Crippen molar-refractivity contribution in [1.29, 1.82) is 0 Å². The van der Waals surface area contributed by atoms with Gasteiger partial charge in [-0.05, 0) is 68.4 Å². The zero-order valence-electron chi connectivity index (χ0n) is 24.9. The molecule has 0 aliphatic carbocycles. The molecule has 4 nitrogen and oxygen atoms in total. The minimum absolute atomic E-state index is 0.190. The van der Waals surface area contributed by atoms with Crippen LogP contribution >= 0.6 is 0 Å². The molecule has 6 heteroatoms. The van der Waals surface area contributed by atoms with Crippen LogP contribution in [-0.4, -0.2) is 43.2 Å². The van der Waals surface area contributed by atoms with Crippen LogP contribution in [0.15, 0.2) is 60.7 Å². The number of hydrogen-bond donors (Lipinski definition) is 0. The Morgan fingerprint density at radius 1 is 0.951 bits per heavy atom. The number of carbonyl (C=O) groups is 1. The lowest BCUT2D eigenvalue weighted by atomic mass is 10.0. The third-order valence-corrected chi connectivity index (χ3v) is 7.73. The van der Waals surface area contributed by atoms with Crippen molar-refractivity contribution >= 4 is 16.7 Å². The molecule has 1 aliphatic heterocycles. The van der Waals surface area contributed by atoms with Gasteiger partial charge in [0, 0.05) is 31.4 Å². The van der Waals surface area contributed by atoms with Gasteiger partial charge in [0.15, 0.2) is 0 Å². The lowest BCUT2D eigenvalue weighted by Crippen LogP contribution is -2.26. The second kappa shape index (κ2) is 19.5. The highest BCUT2D eigenvalue weighted by Gasteiger charge is 2.25. The average Bonchev–Trinajstić information content (AvgIpc) is 3.40. The number of ether oxygens (including phenoxy) is 2. The monoisotopic (exact) mass is 569 g/mol. The number of nitrogens with zero attached hydrogens (tertiary/aromatic N) is 1. The maximum Gasteiger partial charge on any atom is 0.345 e. The highest BCUT2D eigenvalue weighted by Crippen LogP contribution is 2.30. The summed E-state index contributed by atoms with van der Waals surface area (Å²) in [5.41, 5.74) is 1.10. The molecule has 0 bridgehead atoms. The molecule has 1 fully saturated rings. The van der Waals surface area contributed by atoms with Gasteiger partial charge in [-0.3, -0.25) is 4.79 Å². The fourth-order valence-corrected chi connectivity index (χ4v) is 5.47. The Balaban J connectivity index is 1.34. The summed E-state index contributed by atoms with van der Waals surface area (Å²) in [6.45, 7) is 1.53. The highest BCUT2D eigenvalue weighted by atomic mass is 19.3. The molecule has 0 aromatic heterocycles. The molecule has 0 unspecified atom stereocenters. The molecule has 3 rings (SSSR count).